The molecule has 1 aromatic rings. The lowest BCUT2D eigenvalue weighted by Gasteiger charge is -2.19. The minimum Gasteiger partial charge on any atom is -0.456 e. The predicted molar refractivity (Wildman–Crippen MR) is 72.0 cm³/mol. The largest absolute Gasteiger partial charge is 0.456 e. The number of hydrogen-bond acceptors (Lipinski definition) is 4. The Balaban J connectivity index is 3.23. The molecule has 0 radical (unpaired) electrons. The minimum atomic E-state index is -0.787. The molecule has 0 aliphatic carbocycles. The Kier molecular flexibility index (Phi) is 4.71. The Labute approximate surface area is 120 Å². The number of carbonyl (C=O) groups excluding carboxylic acids is 3. The molecule has 0 N–H and O–H groups in total. The van der Waals surface area contributed by atoms with E-state index in [1.807, 2.05) is 0 Å². The summed E-state index contributed by atoms with van der Waals surface area (Å²) in [4.78, 5) is 34.2. The molecule has 6 heteroatoms. The van der Waals surface area contributed by atoms with E-state index in [4.69, 9.17) is 27.9 Å². The van der Waals surface area contributed by atoms with Crippen molar-refractivity contribution in [3.63, 3.8) is 0 Å². The molecule has 102 valence electrons. The summed E-state index contributed by atoms with van der Waals surface area (Å²) in [6.45, 7) is 5.11. The van der Waals surface area contributed by atoms with Crippen molar-refractivity contribution in [2.75, 3.05) is 0 Å². The number of esters is 1. The van der Waals surface area contributed by atoms with Crippen LogP contribution in [0.4, 0.5) is 0 Å². The SMILES string of the molecule is CC(C)(C)OC(=O)c1cc(C(=O)Cl)cc(C(=O)Cl)c1. The first-order chi connectivity index (χ1) is 8.60. The van der Waals surface area contributed by atoms with Gasteiger partial charge in [-0.15, -0.1) is 0 Å². The highest BCUT2D eigenvalue weighted by molar-refractivity contribution is 6.69. The van der Waals surface area contributed by atoms with E-state index < -0.39 is 22.1 Å². The number of halogens is 2. The standard InChI is InChI=1S/C13H12Cl2O4/c1-13(2,3)19-12(18)9-5-7(10(14)16)4-8(6-9)11(15)17/h4-6H,1-3H3. The van der Waals surface area contributed by atoms with Crippen molar-refractivity contribution in [1.29, 1.82) is 0 Å². The summed E-state index contributed by atoms with van der Waals surface area (Å²) in [6, 6.07) is 3.73. The van der Waals surface area contributed by atoms with Gasteiger partial charge < -0.3 is 4.74 Å². The Morgan fingerprint density at radius 1 is 0.895 bits per heavy atom. The maximum atomic E-state index is 11.9. The topological polar surface area (TPSA) is 60.4 Å². The van der Waals surface area contributed by atoms with Gasteiger partial charge in [0.05, 0.1) is 5.56 Å². The zero-order chi connectivity index (χ0) is 14.8. The van der Waals surface area contributed by atoms with Gasteiger partial charge in [0.25, 0.3) is 10.5 Å². The van der Waals surface area contributed by atoms with E-state index in [9.17, 15) is 14.4 Å². The number of rotatable bonds is 3. The number of benzene rings is 1. The van der Waals surface area contributed by atoms with Gasteiger partial charge in [-0.05, 0) is 62.2 Å². The highest BCUT2D eigenvalue weighted by Crippen LogP contribution is 2.18. The first kappa shape index (κ1) is 15.7. The first-order valence-corrected chi connectivity index (χ1v) is 6.14. The molecule has 0 bridgehead atoms. The van der Waals surface area contributed by atoms with Gasteiger partial charge in [0.2, 0.25) is 0 Å². The smallest absolute Gasteiger partial charge is 0.338 e. The third-order valence-electron chi connectivity index (χ3n) is 2.02. The van der Waals surface area contributed by atoms with E-state index in [1.54, 1.807) is 20.8 Å². The van der Waals surface area contributed by atoms with Crippen molar-refractivity contribution in [2.24, 2.45) is 0 Å². The van der Waals surface area contributed by atoms with Crippen LogP contribution in [0.2, 0.25) is 0 Å². The zero-order valence-corrected chi connectivity index (χ0v) is 12.1. The molecule has 0 aliphatic heterocycles. The Bertz CT molecular complexity index is 512. The lowest BCUT2D eigenvalue weighted by atomic mass is 10.1. The molecular formula is C13H12Cl2O4. The van der Waals surface area contributed by atoms with Gasteiger partial charge in [0.15, 0.2) is 0 Å². The van der Waals surface area contributed by atoms with Gasteiger partial charge in [-0.3, -0.25) is 9.59 Å². The minimum absolute atomic E-state index is 0.00836. The Hall–Kier alpha value is -1.39. The van der Waals surface area contributed by atoms with E-state index >= 15 is 0 Å². The van der Waals surface area contributed by atoms with Crippen molar-refractivity contribution in [3.05, 3.63) is 34.9 Å². The van der Waals surface area contributed by atoms with E-state index in [0.717, 1.165) is 0 Å². The molecule has 0 fully saturated rings. The summed E-state index contributed by atoms with van der Waals surface area (Å²) in [5.74, 6) is -0.661. The monoisotopic (exact) mass is 302 g/mol. The van der Waals surface area contributed by atoms with Gasteiger partial charge in [-0.25, -0.2) is 4.79 Å². The third-order valence-corrected chi connectivity index (χ3v) is 2.46. The van der Waals surface area contributed by atoms with Crippen molar-refractivity contribution in [1.82, 2.24) is 0 Å². The Morgan fingerprint density at radius 3 is 1.58 bits per heavy atom. The first-order valence-electron chi connectivity index (χ1n) is 5.38. The molecule has 19 heavy (non-hydrogen) atoms. The van der Waals surface area contributed by atoms with Crippen LogP contribution in [0.15, 0.2) is 18.2 Å². The highest BCUT2D eigenvalue weighted by Gasteiger charge is 2.20. The molecule has 0 atom stereocenters. The van der Waals surface area contributed by atoms with Crippen LogP contribution < -0.4 is 0 Å². The van der Waals surface area contributed by atoms with E-state index in [2.05, 4.69) is 0 Å². The molecule has 4 nitrogen and oxygen atoms in total. The van der Waals surface area contributed by atoms with Crippen LogP contribution in [-0.4, -0.2) is 22.1 Å². The highest BCUT2D eigenvalue weighted by atomic mass is 35.5. The van der Waals surface area contributed by atoms with Crippen LogP contribution in [0.5, 0.6) is 0 Å². The fourth-order valence-electron chi connectivity index (χ4n) is 1.31. The van der Waals surface area contributed by atoms with Gasteiger partial charge in [0, 0.05) is 11.1 Å². The van der Waals surface area contributed by atoms with Crippen molar-refractivity contribution in [3.8, 4) is 0 Å². The molecule has 1 rings (SSSR count). The number of hydrogen-bond donors (Lipinski definition) is 0. The predicted octanol–water partition coefficient (Wildman–Crippen LogP) is 3.40. The summed E-state index contributed by atoms with van der Waals surface area (Å²) in [7, 11) is 0. The quantitative estimate of drug-likeness (QED) is 0.634. The van der Waals surface area contributed by atoms with E-state index in [0.29, 0.717) is 0 Å². The van der Waals surface area contributed by atoms with Crippen LogP contribution in [0.1, 0.15) is 51.8 Å². The summed E-state index contributed by atoms with van der Waals surface area (Å²) >= 11 is 10.7. The second-order valence-electron chi connectivity index (χ2n) is 4.85. The fourth-order valence-corrected chi connectivity index (χ4v) is 1.53. The lowest BCUT2D eigenvalue weighted by Crippen LogP contribution is -2.24. The van der Waals surface area contributed by atoms with Gasteiger partial charge >= 0.3 is 5.97 Å². The molecule has 0 aliphatic rings. The van der Waals surface area contributed by atoms with E-state index in [-0.39, 0.29) is 16.7 Å². The maximum Gasteiger partial charge on any atom is 0.338 e. The molecule has 0 saturated carbocycles. The van der Waals surface area contributed by atoms with Gasteiger partial charge in [-0.2, -0.15) is 0 Å². The average Bonchev–Trinajstić information content (AvgIpc) is 2.25. The van der Waals surface area contributed by atoms with Crippen LogP contribution >= 0.6 is 23.2 Å². The molecule has 0 saturated heterocycles. The molecule has 0 heterocycles. The summed E-state index contributed by atoms with van der Waals surface area (Å²) in [5.41, 5.74) is -0.628. The fraction of sp³-hybridized carbons (Fsp3) is 0.308. The average molecular weight is 303 g/mol. The lowest BCUT2D eigenvalue weighted by molar-refractivity contribution is 0.00695. The molecule has 0 aromatic heterocycles. The second-order valence-corrected chi connectivity index (χ2v) is 5.53. The number of ether oxygens (including phenoxy) is 1. The molecule has 0 amide bonds. The molecule has 1 aromatic carbocycles. The summed E-state index contributed by atoms with van der Waals surface area (Å²) in [5, 5.41) is -1.57. The summed E-state index contributed by atoms with van der Waals surface area (Å²) < 4.78 is 5.15. The number of carbonyl (C=O) groups is 3. The Morgan fingerprint density at radius 2 is 1.26 bits per heavy atom. The second kappa shape index (κ2) is 5.72. The van der Waals surface area contributed by atoms with Crippen LogP contribution in [-0.2, 0) is 4.74 Å². The van der Waals surface area contributed by atoms with Crippen molar-refractivity contribution >= 4 is 39.7 Å². The van der Waals surface area contributed by atoms with E-state index in [1.165, 1.54) is 18.2 Å². The molecular weight excluding hydrogens is 291 g/mol. The van der Waals surface area contributed by atoms with Crippen LogP contribution in [0.25, 0.3) is 0 Å². The van der Waals surface area contributed by atoms with Gasteiger partial charge in [-0.1, -0.05) is 0 Å². The molecule has 0 spiro atoms. The van der Waals surface area contributed by atoms with Gasteiger partial charge in [0.1, 0.15) is 5.60 Å². The maximum absolute atomic E-state index is 11.9. The van der Waals surface area contributed by atoms with Crippen molar-refractivity contribution < 1.29 is 19.1 Å². The molecule has 0 unspecified atom stereocenters. The summed E-state index contributed by atoms with van der Waals surface area (Å²) in [6.07, 6.45) is 0. The van der Waals surface area contributed by atoms with Crippen LogP contribution in [0, 0.1) is 0 Å². The normalized spacial score (nSPS) is 11.0. The van der Waals surface area contributed by atoms with Crippen LogP contribution in [0.3, 0.4) is 0 Å². The third kappa shape index (κ3) is 4.65. The zero-order valence-electron chi connectivity index (χ0n) is 10.6. The van der Waals surface area contributed by atoms with Crippen molar-refractivity contribution in [2.45, 2.75) is 26.4 Å².